The lowest BCUT2D eigenvalue weighted by atomic mass is 9.78. The van der Waals surface area contributed by atoms with Gasteiger partial charge < -0.3 is 10.4 Å². The van der Waals surface area contributed by atoms with Gasteiger partial charge in [0.05, 0.1) is 5.41 Å². The van der Waals surface area contributed by atoms with Crippen LogP contribution >= 0.6 is 0 Å². The van der Waals surface area contributed by atoms with Gasteiger partial charge in [0.15, 0.2) is 5.82 Å². The van der Waals surface area contributed by atoms with Crippen LogP contribution in [0.2, 0.25) is 0 Å². The Labute approximate surface area is 138 Å². The van der Waals surface area contributed by atoms with Crippen molar-refractivity contribution in [2.24, 2.45) is 0 Å². The first-order valence-corrected chi connectivity index (χ1v) is 7.82. The van der Waals surface area contributed by atoms with E-state index in [2.05, 4.69) is 10.4 Å². The molecule has 1 aromatic carbocycles. The number of carboxylic acid groups (broad SMARTS) is 1. The number of carbonyl (C=O) groups is 2. The Morgan fingerprint density at radius 1 is 1.29 bits per heavy atom. The van der Waals surface area contributed by atoms with Crippen molar-refractivity contribution in [2.45, 2.75) is 37.6 Å². The molecular formula is C17H18FN3O3. The summed E-state index contributed by atoms with van der Waals surface area (Å²) in [6, 6.07) is 7.71. The molecule has 0 saturated heterocycles. The number of amides is 1. The zero-order valence-corrected chi connectivity index (χ0v) is 13.0. The molecule has 0 radical (unpaired) electrons. The number of nitrogens with zero attached hydrogens (tertiary/aromatic N) is 2. The number of carboxylic acids is 1. The van der Waals surface area contributed by atoms with Crippen LogP contribution in [0.25, 0.3) is 0 Å². The Kier molecular flexibility index (Phi) is 4.33. The van der Waals surface area contributed by atoms with E-state index in [0.717, 1.165) is 12.8 Å². The Balaban J connectivity index is 1.83. The van der Waals surface area contributed by atoms with Crippen LogP contribution in [-0.4, -0.2) is 26.8 Å². The monoisotopic (exact) mass is 331 g/mol. The normalized spacial score (nSPS) is 16.0. The highest BCUT2D eigenvalue weighted by atomic mass is 19.1. The lowest BCUT2D eigenvalue weighted by Gasteiger charge is -2.27. The first-order valence-electron chi connectivity index (χ1n) is 7.82. The Hall–Kier alpha value is -2.70. The summed E-state index contributed by atoms with van der Waals surface area (Å²) in [4.78, 5) is 23.6. The van der Waals surface area contributed by atoms with E-state index < -0.39 is 11.4 Å². The van der Waals surface area contributed by atoms with E-state index in [9.17, 15) is 14.0 Å². The van der Waals surface area contributed by atoms with Gasteiger partial charge >= 0.3 is 5.97 Å². The molecule has 0 aliphatic heterocycles. The first kappa shape index (κ1) is 16.2. The third kappa shape index (κ3) is 3.15. The van der Waals surface area contributed by atoms with Gasteiger partial charge in [-0.2, -0.15) is 5.10 Å². The van der Waals surface area contributed by atoms with Crippen molar-refractivity contribution >= 4 is 17.7 Å². The molecule has 0 atom stereocenters. The summed E-state index contributed by atoms with van der Waals surface area (Å²) in [7, 11) is 0. The molecule has 0 spiro atoms. The van der Waals surface area contributed by atoms with E-state index in [-0.39, 0.29) is 18.3 Å². The zero-order chi connectivity index (χ0) is 17.2. The minimum absolute atomic E-state index is 0.230. The summed E-state index contributed by atoms with van der Waals surface area (Å²) in [5.41, 5.74) is -0.0962. The minimum Gasteiger partial charge on any atom is -0.480 e. The maximum Gasteiger partial charge on any atom is 0.325 e. The highest BCUT2D eigenvalue weighted by Gasteiger charge is 2.43. The molecule has 0 unspecified atom stereocenters. The van der Waals surface area contributed by atoms with E-state index in [1.807, 2.05) is 0 Å². The fourth-order valence-electron chi connectivity index (χ4n) is 3.30. The number of halogens is 1. The van der Waals surface area contributed by atoms with Crippen molar-refractivity contribution in [1.29, 1.82) is 0 Å². The number of anilines is 1. The molecule has 2 N–H and O–H groups in total. The molecule has 24 heavy (non-hydrogen) atoms. The maximum absolute atomic E-state index is 13.6. The van der Waals surface area contributed by atoms with Crippen LogP contribution in [0.3, 0.4) is 0 Å². The van der Waals surface area contributed by atoms with Crippen LogP contribution < -0.4 is 5.32 Å². The molecule has 1 amide bonds. The molecule has 3 rings (SSSR count). The van der Waals surface area contributed by atoms with Crippen molar-refractivity contribution in [3.8, 4) is 0 Å². The smallest absolute Gasteiger partial charge is 0.325 e. The van der Waals surface area contributed by atoms with Crippen LogP contribution in [0.4, 0.5) is 10.2 Å². The molecule has 1 aromatic heterocycles. The summed E-state index contributed by atoms with van der Waals surface area (Å²) in [6.45, 7) is -0.273. The number of hydrogen-bond acceptors (Lipinski definition) is 3. The second-order valence-electron chi connectivity index (χ2n) is 6.05. The predicted molar refractivity (Wildman–Crippen MR) is 85.0 cm³/mol. The summed E-state index contributed by atoms with van der Waals surface area (Å²) in [6.07, 6.45) is 4.60. The Morgan fingerprint density at radius 2 is 2.04 bits per heavy atom. The lowest BCUT2D eigenvalue weighted by Crippen LogP contribution is -2.38. The van der Waals surface area contributed by atoms with Gasteiger partial charge in [0.1, 0.15) is 12.4 Å². The summed E-state index contributed by atoms with van der Waals surface area (Å²) in [5.74, 6) is -1.31. The van der Waals surface area contributed by atoms with Crippen molar-refractivity contribution in [2.75, 3.05) is 5.32 Å². The third-order valence-corrected chi connectivity index (χ3v) is 4.45. The topological polar surface area (TPSA) is 84.2 Å². The quantitative estimate of drug-likeness (QED) is 0.882. The maximum atomic E-state index is 13.6. The Morgan fingerprint density at radius 3 is 2.71 bits per heavy atom. The molecular weight excluding hydrogens is 313 g/mol. The molecule has 6 nitrogen and oxygen atoms in total. The van der Waals surface area contributed by atoms with Crippen molar-refractivity contribution in [3.63, 3.8) is 0 Å². The average molecular weight is 331 g/mol. The van der Waals surface area contributed by atoms with E-state index in [1.54, 1.807) is 18.2 Å². The fourth-order valence-corrected chi connectivity index (χ4v) is 3.30. The first-order chi connectivity index (χ1) is 11.5. The van der Waals surface area contributed by atoms with Crippen molar-refractivity contribution in [3.05, 3.63) is 47.9 Å². The van der Waals surface area contributed by atoms with Crippen LogP contribution in [0.1, 0.15) is 31.2 Å². The SMILES string of the molecule is O=C(O)Cn1ccc(NC(=O)C2(c3cccc(F)c3)CCCC2)n1. The van der Waals surface area contributed by atoms with E-state index in [0.29, 0.717) is 24.2 Å². The molecule has 1 aliphatic rings. The number of carbonyl (C=O) groups excluding carboxylic acids is 1. The molecule has 1 fully saturated rings. The standard InChI is InChI=1S/C17H18FN3O3/c18-13-5-3-4-12(10-13)17(7-1-2-8-17)16(24)19-14-6-9-21(20-14)11-15(22)23/h3-6,9-10H,1-2,7-8,11H2,(H,22,23)(H,19,20,24). The van der Waals surface area contributed by atoms with Crippen LogP contribution in [-0.2, 0) is 21.5 Å². The van der Waals surface area contributed by atoms with Gasteiger partial charge in [-0.3, -0.25) is 14.3 Å². The van der Waals surface area contributed by atoms with E-state index >= 15 is 0 Å². The molecule has 7 heteroatoms. The van der Waals surface area contributed by atoms with E-state index in [1.165, 1.54) is 23.0 Å². The fraction of sp³-hybridized carbons (Fsp3) is 0.353. The molecule has 1 aliphatic carbocycles. The lowest BCUT2D eigenvalue weighted by molar-refractivity contribution is -0.137. The van der Waals surface area contributed by atoms with Crippen LogP contribution in [0, 0.1) is 5.82 Å². The predicted octanol–water partition coefficient (Wildman–Crippen LogP) is 2.56. The van der Waals surface area contributed by atoms with Gasteiger partial charge in [-0.1, -0.05) is 25.0 Å². The summed E-state index contributed by atoms with van der Waals surface area (Å²) in [5, 5.41) is 15.5. The van der Waals surface area contributed by atoms with Crippen molar-refractivity contribution in [1.82, 2.24) is 9.78 Å². The summed E-state index contributed by atoms with van der Waals surface area (Å²) >= 11 is 0. The second-order valence-corrected chi connectivity index (χ2v) is 6.05. The second kappa shape index (κ2) is 6.43. The highest BCUT2D eigenvalue weighted by Crippen LogP contribution is 2.42. The average Bonchev–Trinajstić information content (AvgIpc) is 3.17. The number of benzene rings is 1. The van der Waals surface area contributed by atoms with Gasteiger partial charge in [0.2, 0.25) is 5.91 Å². The Bertz CT molecular complexity index is 766. The molecule has 1 saturated carbocycles. The minimum atomic E-state index is -1.01. The number of rotatable bonds is 5. The van der Waals surface area contributed by atoms with E-state index in [4.69, 9.17) is 5.11 Å². The van der Waals surface area contributed by atoms with Gasteiger partial charge in [-0.05, 0) is 30.5 Å². The largest absolute Gasteiger partial charge is 0.480 e. The van der Waals surface area contributed by atoms with Gasteiger partial charge in [0, 0.05) is 12.3 Å². The van der Waals surface area contributed by atoms with Crippen LogP contribution in [0.5, 0.6) is 0 Å². The third-order valence-electron chi connectivity index (χ3n) is 4.45. The zero-order valence-electron chi connectivity index (χ0n) is 13.0. The molecule has 0 bridgehead atoms. The number of nitrogens with one attached hydrogen (secondary N) is 1. The molecule has 126 valence electrons. The summed E-state index contributed by atoms with van der Waals surface area (Å²) < 4.78 is 14.8. The molecule has 2 aromatic rings. The highest BCUT2D eigenvalue weighted by molar-refractivity contribution is 5.98. The van der Waals surface area contributed by atoms with Gasteiger partial charge in [-0.15, -0.1) is 0 Å². The van der Waals surface area contributed by atoms with Gasteiger partial charge in [-0.25, -0.2) is 4.39 Å². The number of aromatic nitrogens is 2. The number of aliphatic carboxylic acids is 1. The molecule has 1 heterocycles. The van der Waals surface area contributed by atoms with Crippen molar-refractivity contribution < 1.29 is 19.1 Å². The van der Waals surface area contributed by atoms with Gasteiger partial charge in [0.25, 0.3) is 0 Å². The number of hydrogen-bond donors (Lipinski definition) is 2. The van der Waals surface area contributed by atoms with Crippen LogP contribution in [0.15, 0.2) is 36.5 Å².